The third-order valence-electron chi connectivity index (χ3n) is 2.89. The van der Waals surface area contributed by atoms with Crippen LogP contribution in [-0.2, 0) is 0 Å². The molecule has 1 aromatic heterocycles. The molecule has 14 heavy (non-hydrogen) atoms. The Balaban J connectivity index is 2.34. The van der Waals surface area contributed by atoms with E-state index in [0.29, 0.717) is 11.7 Å². The Hall–Kier alpha value is -1.16. The molecule has 76 valence electrons. The van der Waals surface area contributed by atoms with Gasteiger partial charge in [0.1, 0.15) is 5.69 Å². The molecule has 1 heterocycles. The third-order valence-corrected chi connectivity index (χ3v) is 2.89. The molecule has 1 aliphatic rings. The van der Waals surface area contributed by atoms with Crippen molar-refractivity contribution in [2.45, 2.75) is 32.2 Å². The van der Waals surface area contributed by atoms with Crippen LogP contribution in [0.15, 0.2) is 6.33 Å². The van der Waals surface area contributed by atoms with E-state index in [0.717, 1.165) is 18.5 Å². The molecule has 0 aromatic carbocycles. The van der Waals surface area contributed by atoms with E-state index in [1.165, 1.54) is 6.42 Å². The summed E-state index contributed by atoms with van der Waals surface area (Å²) in [6.45, 7) is 1.93. The minimum Gasteiger partial charge on any atom is -0.325 e. The van der Waals surface area contributed by atoms with Gasteiger partial charge in [-0.25, -0.2) is 4.98 Å². The molecule has 0 atom stereocenters. The summed E-state index contributed by atoms with van der Waals surface area (Å²) in [4.78, 5) is 15.7. The maximum atomic E-state index is 11.6. The number of hydrogen-bond acceptors (Lipinski definition) is 3. The number of rotatable bonds is 3. The molecule has 1 fully saturated rings. The van der Waals surface area contributed by atoms with Crippen molar-refractivity contribution in [3.8, 4) is 0 Å². The van der Waals surface area contributed by atoms with Gasteiger partial charge in [0.2, 0.25) is 0 Å². The smallest absolute Gasteiger partial charge is 0.194 e. The zero-order chi connectivity index (χ0) is 10.1. The second-order valence-electron chi connectivity index (χ2n) is 3.80. The first kappa shape index (κ1) is 9.40. The second-order valence-corrected chi connectivity index (χ2v) is 3.80. The molecule has 4 nitrogen and oxygen atoms in total. The Bertz CT molecular complexity index is 352. The summed E-state index contributed by atoms with van der Waals surface area (Å²) in [5.74, 6) is -0.00750. The molecule has 0 unspecified atom stereocenters. The fourth-order valence-corrected chi connectivity index (χ4v) is 1.84. The number of aromatic nitrogens is 2. The van der Waals surface area contributed by atoms with E-state index < -0.39 is 0 Å². The third kappa shape index (κ3) is 1.35. The monoisotopic (exact) mass is 193 g/mol. The summed E-state index contributed by atoms with van der Waals surface area (Å²) < 4.78 is 1.99. The number of Topliss-reactive ketones (excluding diaryl/α,β-unsaturated/α-hetero) is 1. The van der Waals surface area contributed by atoms with E-state index in [-0.39, 0.29) is 12.3 Å². The van der Waals surface area contributed by atoms with Crippen molar-refractivity contribution < 1.29 is 4.79 Å². The number of hydrogen-bond donors (Lipinski definition) is 1. The largest absolute Gasteiger partial charge is 0.325 e. The Morgan fingerprint density at radius 2 is 2.43 bits per heavy atom. The zero-order valence-electron chi connectivity index (χ0n) is 8.36. The van der Waals surface area contributed by atoms with Crippen molar-refractivity contribution in [1.29, 1.82) is 0 Å². The zero-order valence-corrected chi connectivity index (χ0v) is 8.36. The number of ketones is 1. The van der Waals surface area contributed by atoms with Gasteiger partial charge in [-0.3, -0.25) is 4.79 Å². The van der Waals surface area contributed by atoms with Crippen LogP contribution in [0.5, 0.6) is 0 Å². The van der Waals surface area contributed by atoms with E-state index in [9.17, 15) is 4.79 Å². The summed E-state index contributed by atoms with van der Waals surface area (Å²) >= 11 is 0. The fraction of sp³-hybridized carbons (Fsp3) is 0.600. The van der Waals surface area contributed by atoms with E-state index in [1.54, 1.807) is 6.33 Å². The van der Waals surface area contributed by atoms with Gasteiger partial charge in [0, 0.05) is 6.04 Å². The van der Waals surface area contributed by atoms with E-state index >= 15 is 0 Å². The molecule has 2 N–H and O–H groups in total. The van der Waals surface area contributed by atoms with Crippen LogP contribution in [0, 0.1) is 6.92 Å². The van der Waals surface area contributed by atoms with E-state index in [2.05, 4.69) is 4.98 Å². The van der Waals surface area contributed by atoms with Crippen LogP contribution in [-0.4, -0.2) is 21.9 Å². The van der Waals surface area contributed by atoms with Gasteiger partial charge in [0.15, 0.2) is 5.78 Å². The molecule has 0 radical (unpaired) electrons. The summed E-state index contributed by atoms with van der Waals surface area (Å²) in [5, 5.41) is 0. The first-order chi connectivity index (χ1) is 6.74. The number of nitrogens with zero attached hydrogens (tertiary/aromatic N) is 2. The number of aryl methyl sites for hydroxylation is 1. The highest BCUT2D eigenvalue weighted by atomic mass is 16.1. The molecule has 1 aromatic rings. The average molecular weight is 193 g/mol. The molecule has 4 heteroatoms. The lowest BCUT2D eigenvalue weighted by Gasteiger charge is -2.28. The molecular weight excluding hydrogens is 178 g/mol. The number of carbonyl (C=O) groups is 1. The molecule has 1 aliphatic carbocycles. The van der Waals surface area contributed by atoms with E-state index in [1.807, 2.05) is 11.5 Å². The van der Waals surface area contributed by atoms with Gasteiger partial charge in [0.25, 0.3) is 0 Å². The summed E-state index contributed by atoms with van der Waals surface area (Å²) in [7, 11) is 0. The minimum atomic E-state index is -0.00750. The first-order valence-electron chi connectivity index (χ1n) is 5.00. The number of carbonyl (C=O) groups excluding carboxylic acids is 1. The fourth-order valence-electron chi connectivity index (χ4n) is 1.84. The van der Waals surface area contributed by atoms with Gasteiger partial charge >= 0.3 is 0 Å². The highest BCUT2D eigenvalue weighted by molar-refractivity contribution is 5.97. The Morgan fingerprint density at radius 3 is 2.93 bits per heavy atom. The van der Waals surface area contributed by atoms with Gasteiger partial charge in [-0.2, -0.15) is 0 Å². The predicted molar refractivity (Wildman–Crippen MR) is 53.2 cm³/mol. The van der Waals surface area contributed by atoms with Crippen LogP contribution in [0.4, 0.5) is 0 Å². The van der Waals surface area contributed by atoms with Gasteiger partial charge in [-0.05, 0) is 26.2 Å². The van der Waals surface area contributed by atoms with Crippen molar-refractivity contribution in [3.63, 3.8) is 0 Å². The molecule has 0 bridgehead atoms. The van der Waals surface area contributed by atoms with Crippen LogP contribution in [0.1, 0.15) is 41.5 Å². The summed E-state index contributed by atoms with van der Waals surface area (Å²) in [5.41, 5.74) is 6.87. The van der Waals surface area contributed by atoms with Crippen molar-refractivity contribution in [2.75, 3.05) is 6.54 Å². The van der Waals surface area contributed by atoms with Crippen LogP contribution in [0.3, 0.4) is 0 Å². The Morgan fingerprint density at radius 1 is 1.71 bits per heavy atom. The SMILES string of the molecule is Cc1ncn(C2CCC2)c1C(=O)CN. The molecule has 0 amide bonds. The molecule has 0 aliphatic heterocycles. The maximum absolute atomic E-state index is 11.6. The topological polar surface area (TPSA) is 60.9 Å². The lowest BCUT2D eigenvalue weighted by atomic mass is 9.92. The van der Waals surface area contributed by atoms with Crippen LogP contribution in [0.25, 0.3) is 0 Å². The predicted octanol–water partition coefficient (Wildman–Crippen LogP) is 1.06. The lowest BCUT2D eigenvalue weighted by Crippen LogP contribution is -2.24. The second kappa shape index (κ2) is 3.53. The number of nitrogens with two attached hydrogens (primary N) is 1. The highest BCUT2D eigenvalue weighted by Gasteiger charge is 2.24. The molecule has 0 spiro atoms. The van der Waals surface area contributed by atoms with E-state index in [4.69, 9.17) is 5.73 Å². The molecule has 0 saturated heterocycles. The van der Waals surface area contributed by atoms with Crippen LogP contribution < -0.4 is 5.73 Å². The lowest BCUT2D eigenvalue weighted by molar-refractivity contribution is 0.0986. The van der Waals surface area contributed by atoms with Crippen molar-refractivity contribution >= 4 is 5.78 Å². The van der Waals surface area contributed by atoms with Crippen molar-refractivity contribution in [1.82, 2.24) is 9.55 Å². The maximum Gasteiger partial charge on any atom is 0.194 e. The van der Waals surface area contributed by atoms with Gasteiger partial charge < -0.3 is 10.3 Å². The van der Waals surface area contributed by atoms with Gasteiger partial charge in [-0.1, -0.05) is 0 Å². The van der Waals surface area contributed by atoms with Gasteiger partial charge in [0.05, 0.1) is 18.6 Å². The van der Waals surface area contributed by atoms with Crippen LogP contribution in [0.2, 0.25) is 0 Å². The molecule has 2 rings (SSSR count). The average Bonchev–Trinajstić information content (AvgIpc) is 2.44. The molecular formula is C10H15N3O. The Labute approximate surface area is 83.1 Å². The first-order valence-corrected chi connectivity index (χ1v) is 5.00. The minimum absolute atomic E-state index is 0.00750. The number of imidazole rings is 1. The van der Waals surface area contributed by atoms with Gasteiger partial charge in [-0.15, -0.1) is 0 Å². The van der Waals surface area contributed by atoms with Crippen LogP contribution >= 0.6 is 0 Å². The Kier molecular flexibility index (Phi) is 2.37. The summed E-state index contributed by atoms with van der Waals surface area (Å²) in [6, 6.07) is 0.474. The highest BCUT2D eigenvalue weighted by Crippen LogP contribution is 2.33. The van der Waals surface area contributed by atoms with Crippen molar-refractivity contribution in [2.24, 2.45) is 5.73 Å². The quantitative estimate of drug-likeness (QED) is 0.730. The molecule has 1 saturated carbocycles. The summed E-state index contributed by atoms with van der Waals surface area (Å²) in [6.07, 6.45) is 5.32. The normalized spacial score (nSPS) is 16.7. The standard InChI is InChI=1S/C10H15N3O/c1-7-10(9(14)5-11)13(6-12-7)8-3-2-4-8/h6,8H,2-5,11H2,1H3. The van der Waals surface area contributed by atoms with Crippen molar-refractivity contribution in [3.05, 3.63) is 17.7 Å².